The van der Waals surface area contributed by atoms with E-state index in [0.717, 1.165) is 0 Å². The Bertz CT molecular complexity index is 257. The smallest absolute Gasteiger partial charge is 0.266 e. The van der Waals surface area contributed by atoms with Gasteiger partial charge in [-0.2, -0.15) is 0 Å². The van der Waals surface area contributed by atoms with Gasteiger partial charge in [0.1, 0.15) is 12.6 Å². The Labute approximate surface area is 75.8 Å². The minimum atomic E-state index is -0.481. The average Bonchev–Trinajstić information content (AvgIpc) is 2.52. The zero-order valence-electron chi connectivity index (χ0n) is 7.00. The largest absolute Gasteiger partial charge is 0.344 e. The van der Waals surface area contributed by atoms with Gasteiger partial charge in [0.05, 0.1) is 0 Å². The Morgan fingerprint density at radius 1 is 1.85 bits per heavy atom. The number of carbonyl (C=O) groups is 2. The van der Waals surface area contributed by atoms with Crippen molar-refractivity contribution >= 4 is 11.8 Å². The van der Waals surface area contributed by atoms with Gasteiger partial charge in [0.2, 0.25) is 5.91 Å². The molecule has 0 saturated carbocycles. The summed E-state index contributed by atoms with van der Waals surface area (Å²) in [4.78, 5) is 26.5. The highest BCUT2D eigenvalue weighted by atomic mass is 16.6. The maximum Gasteiger partial charge on any atom is 0.266 e. The average molecular weight is 182 g/mol. The highest BCUT2D eigenvalue weighted by Gasteiger charge is 2.26. The van der Waals surface area contributed by atoms with Crippen molar-refractivity contribution in [3.05, 3.63) is 0 Å². The number of hydroxylamine groups is 1. The summed E-state index contributed by atoms with van der Waals surface area (Å²) in [5.41, 5.74) is 2.15. The minimum absolute atomic E-state index is 0.0202. The number of amides is 2. The van der Waals surface area contributed by atoms with Gasteiger partial charge >= 0.3 is 0 Å². The molecule has 1 aliphatic rings. The van der Waals surface area contributed by atoms with Crippen LogP contribution < -0.4 is 10.8 Å². The summed E-state index contributed by atoms with van der Waals surface area (Å²) in [6.45, 7) is 0.0202. The molecule has 1 aliphatic heterocycles. The van der Waals surface area contributed by atoms with Crippen LogP contribution in [0.5, 0.6) is 0 Å². The van der Waals surface area contributed by atoms with Crippen LogP contribution in [0.2, 0.25) is 0 Å². The lowest BCUT2D eigenvalue weighted by atomic mass is 10.2. The molecule has 70 valence electrons. The quantitative estimate of drug-likeness (QED) is 0.332. The van der Waals surface area contributed by atoms with E-state index >= 15 is 0 Å². The van der Waals surface area contributed by atoms with Crippen LogP contribution in [0.3, 0.4) is 0 Å². The topological polar surface area (TPSA) is 67.4 Å². The van der Waals surface area contributed by atoms with E-state index in [1.165, 1.54) is 0 Å². The first-order valence-corrected chi connectivity index (χ1v) is 3.88. The first-order valence-electron chi connectivity index (χ1n) is 3.88. The van der Waals surface area contributed by atoms with Crippen molar-refractivity contribution in [1.29, 1.82) is 0 Å². The minimum Gasteiger partial charge on any atom is -0.344 e. The van der Waals surface area contributed by atoms with Crippen molar-refractivity contribution in [1.82, 2.24) is 10.8 Å². The fourth-order valence-electron chi connectivity index (χ4n) is 1.03. The molecule has 0 aromatic rings. The fraction of sp³-hybridized carbons (Fsp3) is 0.500. The number of rotatable bonds is 3. The van der Waals surface area contributed by atoms with Crippen LogP contribution in [0, 0.1) is 12.3 Å². The zero-order chi connectivity index (χ0) is 9.68. The van der Waals surface area contributed by atoms with Crippen LogP contribution in [0.25, 0.3) is 0 Å². The molecule has 13 heavy (non-hydrogen) atoms. The highest BCUT2D eigenvalue weighted by molar-refractivity contribution is 5.90. The molecule has 0 aromatic carbocycles. The lowest BCUT2D eigenvalue weighted by Gasteiger charge is -2.08. The van der Waals surface area contributed by atoms with Crippen molar-refractivity contribution in [3.63, 3.8) is 0 Å². The van der Waals surface area contributed by atoms with Gasteiger partial charge in [0.15, 0.2) is 0 Å². The number of nitrogens with one attached hydrogen (secondary N) is 2. The first-order chi connectivity index (χ1) is 6.24. The summed E-state index contributed by atoms with van der Waals surface area (Å²) in [6.07, 6.45) is 5.78. The predicted molar refractivity (Wildman–Crippen MR) is 44.1 cm³/mol. The summed E-state index contributed by atoms with van der Waals surface area (Å²) in [5, 5.41) is 2.50. The summed E-state index contributed by atoms with van der Waals surface area (Å²) >= 11 is 0. The maximum absolute atomic E-state index is 11.1. The van der Waals surface area contributed by atoms with Crippen LogP contribution in [0.1, 0.15) is 12.8 Å². The SMILES string of the molecule is C#CCONC(=O)C1CCC(=O)N1. The van der Waals surface area contributed by atoms with E-state index in [0.29, 0.717) is 12.8 Å². The Kier molecular flexibility index (Phi) is 3.29. The van der Waals surface area contributed by atoms with Gasteiger partial charge in [0, 0.05) is 6.42 Å². The summed E-state index contributed by atoms with van der Waals surface area (Å²) in [5.74, 6) is 1.72. The lowest BCUT2D eigenvalue weighted by Crippen LogP contribution is -2.41. The van der Waals surface area contributed by atoms with Gasteiger partial charge in [-0.15, -0.1) is 6.42 Å². The van der Waals surface area contributed by atoms with E-state index in [1.54, 1.807) is 0 Å². The molecule has 2 N–H and O–H groups in total. The molecular formula is C8H10N2O3. The van der Waals surface area contributed by atoms with E-state index in [2.05, 4.69) is 21.6 Å². The van der Waals surface area contributed by atoms with E-state index in [4.69, 9.17) is 6.42 Å². The molecule has 2 amide bonds. The van der Waals surface area contributed by atoms with Gasteiger partial charge in [-0.25, -0.2) is 5.48 Å². The van der Waals surface area contributed by atoms with E-state index < -0.39 is 6.04 Å². The lowest BCUT2D eigenvalue weighted by molar-refractivity contribution is -0.135. The van der Waals surface area contributed by atoms with Crippen LogP contribution >= 0.6 is 0 Å². The van der Waals surface area contributed by atoms with Gasteiger partial charge in [0.25, 0.3) is 5.91 Å². The van der Waals surface area contributed by atoms with E-state index in [-0.39, 0.29) is 18.4 Å². The van der Waals surface area contributed by atoms with Gasteiger partial charge in [-0.1, -0.05) is 5.92 Å². The van der Waals surface area contributed by atoms with Crippen molar-refractivity contribution in [2.45, 2.75) is 18.9 Å². The summed E-state index contributed by atoms with van der Waals surface area (Å²) in [7, 11) is 0. The molecule has 0 aliphatic carbocycles. The third-order valence-electron chi connectivity index (χ3n) is 1.64. The fourth-order valence-corrected chi connectivity index (χ4v) is 1.03. The second kappa shape index (κ2) is 4.48. The summed E-state index contributed by atoms with van der Waals surface area (Å²) in [6, 6.07) is -0.481. The second-order valence-corrected chi connectivity index (χ2v) is 2.62. The first kappa shape index (κ1) is 9.55. The molecule has 0 bridgehead atoms. The van der Waals surface area contributed by atoms with Crippen LogP contribution in [0.15, 0.2) is 0 Å². The zero-order valence-corrected chi connectivity index (χ0v) is 7.00. The van der Waals surface area contributed by atoms with Crippen LogP contribution in [-0.4, -0.2) is 24.5 Å². The third kappa shape index (κ3) is 2.76. The van der Waals surface area contributed by atoms with Crippen molar-refractivity contribution in [3.8, 4) is 12.3 Å². The Balaban J connectivity index is 2.24. The van der Waals surface area contributed by atoms with E-state index in [1.807, 2.05) is 0 Å². The van der Waals surface area contributed by atoms with Gasteiger partial charge in [-0.3, -0.25) is 14.4 Å². The number of hydrogen-bond acceptors (Lipinski definition) is 3. The molecule has 5 heteroatoms. The molecule has 5 nitrogen and oxygen atoms in total. The molecule has 1 atom stereocenters. The molecular weight excluding hydrogens is 172 g/mol. The van der Waals surface area contributed by atoms with Gasteiger partial charge < -0.3 is 5.32 Å². The molecule has 1 fully saturated rings. The van der Waals surface area contributed by atoms with Crippen LogP contribution in [0.4, 0.5) is 0 Å². The Hall–Kier alpha value is -1.54. The molecule has 1 rings (SSSR count). The molecule has 0 radical (unpaired) electrons. The molecule has 1 saturated heterocycles. The Morgan fingerprint density at radius 2 is 2.62 bits per heavy atom. The normalized spacial score (nSPS) is 20.5. The Morgan fingerprint density at radius 3 is 3.15 bits per heavy atom. The number of terminal acetylenes is 1. The van der Waals surface area contributed by atoms with Crippen LogP contribution in [-0.2, 0) is 14.4 Å². The van der Waals surface area contributed by atoms with Crippen molar-refractivity contribution in [2.75, 3.05) is 6.61 Å². The number of hydrogen-bond donors (Lipinski definition) is 2. The van der Waals surface area contributed by atoms with Crippen molar-refractivity contribution in [2.24, 2.45) is 0 Å². The second-order valence-electron chi connectivity index (χ2n) is 2.62. The maximum atomic E-state index is 11.1. The predicted octanol–water partition coefficient (Wildman–Crippen LogP) is -1.05. The highest BCUT2D eigenvalue weighted by Crippen LogP contribution is 2.05. The van der Waals surface area contributed by atoms with Crippen molar-refractivity contribution < 1.29 is 14.4 Å². The summed E-state index contributed by atoms with van der Waals surface area (Å²) < 4.78 is 0. The van der Waals surface area contributed by atoms with Gasteiger partial charge in [-0.05, 0) is 6.42 Å². The molecule has 1 heterocycles. The number of carbonyl (C=O) groups excluding carboxylic acids is 2. The monoisotopic (exact) mass is 182 g/mol. The molecule has 0 spiro atoms. The standard InChI is InChI=1S/C8H10N2O3/c1-2-5-13-10-8(12)6-3-4-7(11)9-6/h1,6H,3-5H2,(H,9,11)(H,10,12). The molecule has 0 aromatic heterocycles. The third-order valence-corrected chi connectivity index (χ3v) is 1.64. The molecule has 1 unspecified atom stereocenters. The van der Waals surface area contributed by atoms with E-state index in [9.17, 15) is 9.59 Å².